The van der Waals surface area contributed by atoms with Gasteiger partial charge in [0.05, 0.1) is 0 Å². The van der Waals surface area contributed by atoms with Crippen molar-refractivity contribution in [2.75, 3.05) is 38.3 Å². The van der Waals surface area contributed by atoms with Gasteiger partial charge >= 0.3 is 6.03 Å². The molecule has 2 amide bonds. The lowest BCUT2D eigenvalue weighted by Crippen LogP contribution is -2.49. The number of ether oxygens (including phenoxy) is 2. The molecule has 1 N–H and O–H groups in total. The van der Waals surface area contributed by atoms with Crippen LogP contribution in [0.3, 0.4) is 0 Å². The first-order valence-corrected chi connectivity index (χ1v) is 8.72. The fourth-order valence-electron chi connectivity index (χ4n) is 2.86. The van der Waals surface area contributed by atoms with E-state index in [1.165, 1.54) is 16.9 Å². The SMILES string of the molecule is O=C(Nc1nccs1)N1CCN(Cc2ccc3c(c2)OCO3)CC1. The molecular weight excluding hydrogens is 328 g/mol. The predicted octanol–water partition coefficient (Wildman–Crippen LogP) is 2.22. The second-order valence-electron chi connectivity index (χ2n) is 5.72. The average molecular weight is 346 g/mol. The number of anilines is 1. The molecule has 0 saturated carbocycles. The van der Waals surface area contributed by atoms with Gasteiger partial charge in [-0.25, -0.2) is 9.78 Å². The van der Waals surface area contributed by atoms with E-state index in [1.54, 1.807) is 6.20 Å². The van der Waals surface area contributed by atoms with Crippen molar-refractivity contribution in [3.8, 4) is 11.5 Å². The highest BCUT2D eigenvalue weighted by molar-refractivity contribution is 7.13. The fraction of sp³-hybridized carbons (Fsp3) is 0.375. The van der Waals surface area contributed by atoms with Gasteiger partial charge in [0, 0.05) is 44.3 Å². The molecule has 0 bridgehead atoms. The molecule has 7 nitrogen and oxygen atoms in total. The first-order chi connectivity index (χ1) is 11.8. The number of carbonyl (C=O) groups is 1. The number of carbonyl (C=O) groups excluding carboxylic acids is 1. The van der Waals surface area contributed by atoms with Crippen LogP contribution in [0.25, 0.3) is 0 Å². The molecule has 126 valence electrons. The summed E-state index contributed by atoms with van der Waals surface area (Å²) < 4.78 is 10.8. The Morgan fingerprint density at radius 2 is 2.04 bits per heavy atom. The van der Waals surface area contributed by atoms with Crippen molar-refractivity contribution in [1.29, 1.82) is 0 Å². The van der Waals surface area contributed by atoms with Crippen LogP contribution in [0.5, 0.6) is 11.5 Å². The molecular formula is C16H18N4O3S. The van der Waals surface area contributed by atoms with E-state index in [-0.39, 0.29) is 6.03 Å². The van der Waals surface area contributed by atoms with Crippen molar-refractivity contribution in [2.45, 2.75) is 6.54 Å². The number of nitrogens with one attached hydrogen (secondary N) is 1. The minimum absolute atomic E-state index is 0.0762. The first-order valence-electron chi connectivity index (χ1n) is 7.84. The summed E-state index contributed by atoms with van der Waals surface area (Å²) in [4.78, 5) is 20.4. The zero-order chi connectivity index (χ0) is 16.4. The summed E-state index contributed by atoms with van der Waals surface area (Å²) in [7, 11) is 0. The summed E-state index contributed by atoms with van der Waals surface area (Å²) in [6.45, 7) is 4.26. The van der Waals surface area contributed by atoms with Crippen LogP contribution >= 0.6 is 11.3 Å². The maximum absolute atomic E-state index is 12.2. The number of fused-ring (bicyclic) bond motifs is 1. The number of piperazine rings is 1. The van der Waals surface area contributed by atoms with Crippen molar-refractivity contribution in [3.63, 3.8) is 0 Å². The van der Waals surface area contributed by atoms with Crippen molar-refractivity contribution < 1.29 is 14.3 Å². The van der Waals surface area contributed by atoms with E-state index in [0.29, 0.717) is 25.0 Å². The lowest BCUT2D eigenvalue weighted by molar-refractivity contribution is 0.143. The Bertz CT molecular complexity index is 714. The molecule has 0 unspecified atom stereocenters. The standard InChI is InChI=1S/C16H18N4O3S/c21-16(18-15-17-3-8-24-15)20-6-4-19(5-7-20)10-12-1-2-13-14(9-12)23-11-22-13/h1-3,8-9H,4-7,10-11H2,(H,17,18,21). The number of amides is 2. The highest BCUT2D eigenvalue weighted by Gasteiger charge is 2.22. The quantitative estimate of drug-likeness (QED) is 0.923. The number of nitrogens with zero attached hydrogens (tertiary/aromatic N) is 3. The predicted molar refractivity (Wildman–Crippen MR) is 90.5 cm³/mol. The third kappa shape index (κ3) is 3.29. The van der Waals surface area contributed by atoms with E-state index < -0.39 is 0 Å². The third-order valence-corrected chi connectivity index (χ3v) is 4.84. The molecule has 0 spiro atoms. The zero-order valence-corrected chi connectivity index (χ0v) is 13.9. The molecule has 0 aliphatic carbocycles. The second-order valence-corrected chi connectivity index (χ2v) is 6.61. The van der Waals surface area contributed by atoms with Crippen LogP contribution in [0.15, 0.2) is 29.8 Å². The Morgan fingerprint density at radius 3 is 2.83 bits per heavy atom. The Balaban J connectivity index is 1.29. The van der Waals surface area contributed by atoms with Crippen molar-refractivity contribution >= 4 is 22.5 Å². The van der Waals surface area contributed by atoms with Gasteiger partial charge in [0.15, 0.2) is 16.6 Å². The number of benzene rings is 1. The van der Waals surface area contributed by atoms with Gasteiger partial charge in [0.2, 0.25) is 6.79 Å². The smallest absolute Gasteiger partial charge is 0.323 e. The third-order valence-electron chi connectivity index (χ3n) is 4.15. The summed E-state index contributed by atoms with van der Waals surface area (Å²) >= 11 is 1.43. The summed E-state index contributed by atoms with van der Waals surface area (Å²) in [5.41, 5.74) is 1.19. The topological polar surface area (TPSA) is 66.9 Å². The van der Waals surface area contributed by atoms with Gasteiger partial charge in [-0.2, -0.15) is 0 Å². The van der Waals surface area contributed by atoms with Crippen molar-refractivity contribution in [1.82, 2.24) is 14.8 Å². The van der Waals surface area contributed by atoms with E-state index in [1.807, 2.05) is 22.4 Å². The van der Waals surface area contributed by atoms with Crippen LogP contribution < -0.4 is 14.8 Å². The van der Waals surface area contributed by atoms with Gasteiger partial charge in [0.1, 0.15) is 0 Å². The van der Waals surface area contributed by atoms with Crippen LogP contribution in [0.1, 0.15) is 5.56 Å². The largest absolute Gasteiger partial charge is 0.454 e. The van der Waals surface area contributed by atoms with Crippen LogP contribution in [0, 0.1) is 0 Å². The number of aromatic nitrogens is 1. The van der Waals surface area contributed by atoms with E-state index in [4.69, 9.17) is 9.47 Å². The van der Waals surface area contributed by atoms with Gasteiger partial charge < -0.3 is 14.4 Å². The monoisotopic (exact) mass is 346 g/mol. The van der Waals surface area contributed by atoms with Gasteiger partial charge in [-0.05, 0) is 17.7 Å². The lowest BCUT2D eigenvalue weighted by atomic mass is 10.1. The number of urea groups is 1. The van der Waals surface area contributed by atoms with Crippen molar-refractivity contribution in [2.24, 2.45) is 0 Å². The highest BCUT2D eigenvalue weighted by Crippen LogP contribution is 2.32. The molecule has 1 aromatic carbocycles. The van der Waals surface area contributed by atoms with Crippen LogP contribution in [0.2, 0.25) is 0 Å². The molecule has 0 atom stereocenters. The molecule has 4 rings (SSSR count). The maximum atomic E-state index is 12.2. The van der Waals surface area contributed by atoms with Gasteiger partial charge in [-0.15, -0.1) is 11.3 Å². The molecule has 1 fully saturated rings. The maximum Gasteiger partial charge on any atom is 0.323 e. The Hall–Kier alpha value is -2.32. The molecule has 2 aromatic rings. The highest BCUT2D eigenvalue weighted by atomic mass is 32.1. The Kier molecular flexibility index (Phi) is 4.22. The summed E-state index contributed by atoms with van der Waals surface area (Å²) in [5, 5.41) is 5.32. The first kappa shape index (κ1) is 15.2. The molecule has 2 aliphatic heterocycles. The van der Waals surface area contributed by atoms with E-state index >= 15 is 0 Å². The molecule has 2 aliphatic rings. The molecule has 1 aromatic heterocycles. The second kappa shape index (κ2) is 6.66. The zero-order valence-electron chi connectivity index (χ0n) is 13.1. The minimum Gasteiger partial charge on any atom is -0.454 e. The lowest BCUT2D eigenvalue weighted by Gasteiger charge is -2.34. The van der Waals surface area contributed by atoms with E-state index in [9.17, 15) is 4.79 Å². The molecule has 3 heterocycles. The van der Waals surface area contributed by atoms with Crippen LogP contribution in [-0.2, 0) is 6.54 Å². The molecule has 1 saturated heterocycles. The summed E-state index contributed by atoms with van der Waals surface area (Å²) in [5.74, 6) is 1.62. The van der Waals surface area contributed by atoms with E-state index in [2.05, 4.69) is 21.3 Å². The van der Waals surface area contributed by atoms with Gasteiger partial charge in [-0.3, -0.25) is 10.2 Å². The van der Waals surface area contributed by atoms with Gasteiger partial charge in [-0.1, -0.05) is 6.07 Å². The number of hydrogen-bond donors (Lipinski definition) is 1. The summed E-state index contributed by atoms with van der Waals surface area (Å²) in [6, 6.07) is 5.97. The van der Waals surface area contributed by atoms with Crippen LogP contribution in [-0.4, -0.2) is 53.8 Å². The van der Waals surface area contributed by atoms with Crippen LogP contribution in [0.4, 0.5) is 9.93 Å². The Morgan fingerprint density at radius 1 is 1.21 bits per heavy atom. The number of hydrogen-bond acceptors (Lipinski definition) is 6. The fourth-order valence-corrected chi connectivity index (χ4v) is 3.38. The minimum atomic E-state index is -0.0762. The molecule has 0 radical (unpaired) electrons. The normalized spacial score (nSPS) is 17.1. The van der Waals surface area contributed by atoms with Crippen molar-refractivity contribution in [3.05, 3.63) is 35.3 Å². The van der Waals surface area contributed by atoms with E-state index in [0.717, 1.165) is 31.1 Å². The Labute approximate surface area is 143 Å². The number of rotatable bonds is 3. The molecule has 24 heavy (non-hydrogen) atoms. The average Bonchev–Trinajstić information content (AvgIpc) is 3.26. The number of thiazole rings is 1. The molecule has 8 heteroatoms. The summed E-state index contributed by atoms with van der Waals surface area (Å²) in [6.07, 6.45) is 1.68. The van der Waals surface area contributed by atoms with Gasteiger partial charge in [0.25, 0.3) is 0 Å².